The fraction of sp³-hybridized carbons (Fsp3) is 0.286. The van der Waals surface area contributed by atoms with Crippen molar-refractivity contribution in [2.75, 3.05) is 0 Å². The highest BCUT2D eigenvalue weighted by atomic mass is 16.4. The van der Waals surface area contributed by atoms with Crippen LogP contribution >= 0.6 is 0 Å². The van der Waals surface area contributed by atoms with Gasteiger partial charge in [-0.2, -0.15) is 0 Å². The number of nitrogens with zero attached hydrogens (tertiary/aromatic N) is 1. The lowest BCUT2D eigenvalue weighted by Gasteiger charge is -2.00. The Balaban J connectivity index is 3.56. The molecule has 0 saturated carbocycles. The van der Waals surface area contributed by atoms with Crippen molar-refractivity contribution in [3.8, 4) is 0 Å². The van der Waals surface area contributed by atoms with E-state index in [0.29, 0.717) is 5.69 Å². The summed E-state index contributed by atoms with van der Waals surface area (Å²) in [5.41, 5.74) is -0.408. The van der Waals surface area contributed by atoms with Crippen LogP contribution in [0.3, 0.4) is 0 Å². The summed E-state index contributed by atoms with van der Waals surface area (Å²) in [5.74, 6) is 0. The van der Waals surface area contributed by atoms with Gasteiger partial charge in [0.2, 0.25) is 0 Å². The molecular formula is C7H9N3O3. The van der Waals surface area contributed by atoms with Gasteiger partial charge in [-0.3, -0.25) is 9.78 Å². The maximum atomic E-state index is 11.2. The molecule has 0 fully saturated rings. The first-order valence-electron chi connectivity index (χ1n) is 3.58. The van der Waals surface area contributed by atoms with E-state index < -0.39 is 11.2 Å². The van der Waals surface area contributed by atoms with Gasteiger partial charge in [-0.1, -0.05) is 5.16 Å². The van der Waals surface area contributed by atoms with E-state index in [4.69, 9.17) is 5.21 Å². The second kappa shape index (κ2) is 3.26. The van der Waals surface area contributed by atoms with Crippen molar-refractivity contribution >= 4 is 5.71 Å². The van der Waals surface area contributed by atoms with Crippen molar-refractivity contribution < 1.29 is 5.21 Å². The van der Waals surface area contributed by atoms with Crippen LogP contribution in [-0.4, -0.2) is 20.9 Å². The smallest absolute Gasteiger partial charge is 0.325 e. The molecule has 1 aromatic heterocycles. The van der Waals surface area contributed by atoms with E-state index in [-0.39, 0.29) is 11.3 Å². The van der Waals surface area contributed by atoms with E-state index >= 15 is 0 Å². The largest absolute Gasteiger partial charge is 0.411 e. The summed E-state index contributed by atoms with van der Waals surface area (Å²) in [4.78, 5) is 26.4. The molecule has 0 aliphatic rings. The molecule has 1 aromatic rings. The normalized spacial score (nSPS) is 11.7. The summed E-state index contributed by atoms with van der Waals surface area (Å²) < 4.78 is 0. The zero-order valence-electron chi connectivity index (χ0n) is 7.21. The van der Waals surface area contributed by atoms with Gasteiger partial charge in [0.15, 0.2) is 0 Å². The first-order valence-corrected chi connectivity index (χ1v) is 3.58. The van der Waals surface area contributed by atoms with E-state index in [1.807, 2.05) is 4.98 Å². The van der Waals surface area contributed by atoms with E-state index in [2.05, 4.69) is 10.1 Å². The average Bonchev–Trinajstić information content (AvgIpc) is 2.02. The van der Waals surface area contributed by atoms with Gasteiger partial charge in [-0.05, 0) is 13.8 Å². The van der Waals surface area contributed by atoms with Crippen molar-refractivity contribution in [1.29, 1.82) is 0 Å². The van der Waals surface area contributed by atoms with E-state index in [1.165, 1.54) is 6.92 Å². The Morgan fingerprint density at radius 3 is 2.46 bits per heavy atom. The van der Waals surface area contributed by atoms with Gasteiger partial charge >= 0.3 is 5.69 Å². The van der Waals surface area contributed by atoms with Crippen LogP contribution in [0.5, 0.6) is 0 Å². The Labute approximate surface area is 72.9 Å². The predicted molar refractivity (Wildman–Crippen MR) is 46.4 cm³/mol. The Morgan fingerprint density at radius 1 is 1.38 bits per heavy atom. The molecule has 0 aliphatic heterocycles. The molecule has 70 valence electrons. The number of oxime groups is 1. The molecule has 0 saturated heterocycles. The fourth-order valence-corrected chi connectivity index (χ4v) is 1.09. The molecule has 13 heavy (non-hydrogen) atoms. The van der Waals surface area contributed by atoms with Crippen molar-refractivity contribution in [2.45, 2.75) is 13.8 Å². The minimum Gasteiger partial charge on any atom is -0.411 e. The third-order valence-corrected chi connectivity index (χ3v) is 1.64. The molecule has 1 rings (SSSR count). The summed E-state index contributed by atoms with van der Waals surface area (Å²) in [6.45, 7) is 3.02. The second-order valence-corrected chi connectivity index (χ2v) is 2.59. The van der Waals surface area contributed by atoms with Crippen molar-refractivity contribution in [3.63, 3.8) is 0 Å². The molecular weight excluding hydrogens is 174 g/mol. The first-order chi connectivity index (χ1) is 6.06. The SMILES string of the molecule is C/C(=N\O)c1c(C)[nH]c(=O)[nH]c1=O. The molecule has 0 amide bonds. The summed E-state index contributed by atoms with van der Waals surface area (Å²) in [5, 5.41) is 11.3. The minimum absolute atomic E-state index is 0.162. The first kappa shape index (κ1) is 9.24. The minimum atomic E-state index is -0.572. The molecule has 0 bridgehead atoms. The highest BCUT2D eigenvalue weighted by Crippen LogP contribution is 1.96. The topological polar surface area (TPSA) is 98.3 Å². The van der Waals surface area contributed by atoms with E-state index in [9.17, 15) is 9.59 Å². The highest BCUT2D eigenvalue weighted by molar-refractivity contribution is 5.98. The Morgan fingerprint density at radius 2 is 2.00 bits per heavy atom. The van der Waals surface area contributed by atoms with Gasteiger partial charge in [0.1, 0.15) is 0 Å². The van der Waals surface area contributed by atoms with Crippen molar-refractivity contribution in [2.24, 2.45) is 5.16 Å². The maximum absolute atomic E-state index is 11.2. The third-order valence-electron chi connectivity index (χ3n) is 1.64. The molecule has 0 spiro atoms. The van der Waals surface area contributed by atoms with Crippen LogP contribution in [0.15, 0.2) is 14.7 Å². The molecule has 0 unspecified atom stereocenters. The molecule has 0 radical (unpaired) electrons. The van der Waals surface area contributed by atoms with Gasteiger partial charge in [-0.15, -0.1) is 0 Å². The summed E-state index contributed by atoms with van der Waals surface area (Å²) in [6.07, 6.45) is 0. The van der Waals surface area contributed by atoms with Crippen LogP contribution in [0.4, 0.5) is 0 Å². The summed E-state index contributed by atoms with van der Waals surface area (Å²) in [7, 11) is 0. The van der Waals surface area contributed by atoms with Crippen LogP contribution in [0.2, 0.25) is 0 Å². The Hall–Kier alpha value is -1.85. The Bertz CT molecular complexity index is 455. The van der Waals surface area contributed by atoms with Crippen molar-refractivity contribution in [3.05, 3.63) is 32.1 Å². The van der Waals surface area contributed by atoms with Gasteiger partial charge in [-0.25, -0.2) is 4.79 Å². The van der Waals surface area contributed by atoms with Gasteiger partial charge < -0.3 is 10.2 Å². The quantitative estimate of drug-likeness (QED) is 0.313. The van der Waals surface area contributed by atoms with Crippen LogP contribution in [-0.2, 0) is 0 Å². The number of hydrogen-bond acceptors (Lipinski definition) is 4. The highest BCUT2D eigenvalue weighted by Gasteiger charge is 2.08. The number of rotatable bonds is 1. The number of hydrogen-bond donors (Lipinski definition) is 3. The maximum Gasteiger partial charge on any atom is 0.325 e. The summed E-state index contributed by atoms with van der Waals surface area (Å²) >= 11 is 0. The van der Waals surface area contributed by atoms with Gasteiger partial charge in [0.25, 0.3) is 5.56 Å². The monoisotopic (exact) mass is 183 g/mol. The van der Waals surface area contributed by atoms with E-state index in [0.717, 1.165) is 0 Å². The van der Waals surface area contributed by atoms with Crippen molar-refractivity contribution in [1.82, 2.24) is 9.97 Å². The fourth-order valence-electron chi connectivity index (χ4n) is 1.09. The van der Waals surface area contributed by atoms with E-state index in [1.54, 1.807) is 6.92 Å². The Kier molecular flexibility index (Phi) is 2.32. The third kappa shape index (κ3) is 1.66. The molecule has 3 N–H and O–H groups in total. The zero-order chi connectivity index (χ0) is 10.0. The van der Waals surface area contributed by atoms with Gasteiger partial charge in [0.05, 0.1) is 11.3 Å². The summed E-state index contributed by atoms with van der Waals surface area (Å²) in [6, 6.07) is 0. The lowest BCUT2D eigenvalue weighted by molar-refractivity contribution is 0.319. The standard InChI is InChI=1S/C7H9N3O3/c1-3-5(4(2)10-13)6(11)9-7(12)8-3/h13H,1-2H3,(H2,8,9,11,12)/b10-4+. The lowest BCUT2D eigenvalue weighted by Crippen LogP contribution is -2.29. The predicted octanol–water partition coefficient (Wildman–Crippen LogP) is -0.430. The van der Waals surface area contributed by atoms with Crippen LogP contribution < -0.4 is 11.2 Å². The molecule has 1 heterocycles. The number of aryl methyl sites for hydroxylation is 1. The number of nitrogens with one attached hydrogen (secondary N) is 2. The zero-order valence-corrected chi connectivity index (χ0v) is 7.21. The molecule has 6 heteroatoms. The second-order valence-electron chi connectivity index (χ2n) is 2.59. The molecule has 0 atom stereocenters. The number of H-pyrrole nitrogens is 2. The average molecular weight is 183 g/mol. The number of aromatic nitrogens is 2. The van der Waals surface area contributed by atoms with Gasteiger partial charge in [0, 0.05) is 5.69 Å². The van der Waals surface area contributed by atoms with Crippen LogP contribution in [0.1, 0.15) is 18.2 Å². The molecule has 0 aliphatic carbocycles. The molecule has 6 nitrogen and oxygen atoms in total. The van der Waals surface area contributed by atoms with Crippen LogP contribution in [0.25, 0.3) is 0 Å². The number of aromatic amines is 2. The lowest BCUT2D eigenvalue weighted by atomic mass is 10.1. The molecule has 0 aromatic carbocycles. The van der Waals surface area contributed by atoms with Crippen LogP contribution in [0, 0.1) is 6.92 Å².